The predicted molar refractivity (Wildman–Crippen MR) is 63.0 cm³/mol. The van der Waals surface area contributed by atoms with Crippen LogP contribution >= 0.6 is 0 Å². The van der Waals surface area contributed by atoms with Gasteiger partial charge in [-0.1, -0.05) is 12.2 Å². The Labute approximate surface area is 96.6 Å². The Morgan fingerprint density at radius 2 is 2.19 bits per heavy atom. The first kappa shape index (κ1) is 11.4. The molecule has 3 nitrogen and oxygen atoms in total. The van der Waals surface area contributed by atoms with Crippen LogP contribution in [0.5, 0.6) is 0 Å². The zero-order valence-electron chi connectivity index (χ0n) is 9.79. The van der Waals surface area contributed by atoms with Crippen molar-refractivity contribution in [1.29, 1.82) is 0 Å². The fraction of sp³-hybridized carbons (Fsp3) is 0.615. The van der Waals surface area contributed by atoms with E-state index in [2.05, 4.69) is 22.2 Å². The number of nitrogens with one attached hydrogen (secondary N) is 1. The van der Waals surface area contributed by atoms with Crippen molar-refractivity contribution in [2.45, 2.75) is 25.7 Å². The fourth-order valence-electron chi connectivity index (χ4n) is 2.52. The fourth-order valence-corrected chi connectivity index (χ4v) is 2.52. The lowest BCUT2D eigenvalue weighted by Gasteiger charge is -2.37. The highest BCUT2D eigenvalue weighted by atomic mass is 16.5. The van der Waals surface area contributed by atoms with Crippen LogP contribution < -0.4 is 5.32 Å². The van der Waals surface area contributed by atoms with E-state index in [-0.39, 0.29) is 5.97 Å². The van der Waals surface area contributed by atoms with Crippen molar-refractivity contribution in [3.8, 4) is 0 Å². The first-order valence-electron chi connectivity index (χ1n) is 5.93. The minimum Gasteiger partial charge on any atom is -0.466 e. The number of ether oxygens (including phenoxy) is 1. The molecule has 0 unspecified atom stereocenters. The average Bonchev–Trinajstić information content (AvgIpc) is 2.33. The lowest BCUT2D eigenvalue weighted by atomic mass is 9.71. The van der Waals surface area contributed by atoms with Crippen LogP contribution in [0.4, 0.5) is 0 Å². The third-order valence-electron chi connectivity index (χ3n) is 3.67. The van der Waals surface area contributed by atoms with Crippen molar-refractivity contribution in [1.82, 2.24) is 5.32 Å². The second kappa shape index (κ2) is 4.83. The molecule has 0 aromatic rings. The molecule has 1 fully saturated rings. The van der Waals surface area contributed by atoms with Crippen molar-refractivity contribution >= 4 is 5.97 Å². The summed E-state index contributed by atoms with van der Waals surface area (Å²) in [6, 6.07) is 0. The van der Waals surface area contributed by atoms with Crippen LogP contribution in [0.2, 0.25) is 0 Å². The highest BCUT2D eigenvalue weighted by molar-refractivity contribution is 5.83. The van der Waals surface area contributed by atoms with Crippen molar-refractivity contribution in [2.75, 3.05) is 20.2 Å². The van der Waals surface area contributed by atoms with Crippen LogP contribution in [0.25, 0.3) is 0 Å². The second-order valence-electron chi connectivity index (χ2n) is 4.69. The number of rotatable bonds is 1. The van der Waals surface area contributed by atoms with Gasteiger partial charge in [0.1, 0.15) is 0 Å². The molecule has 0 radical (unpaired) electrons. The normalized spacial score (nSPS) is 25.9. The van der Waals surface area contributed by atoms with Gasteiger partial charge in [0.2, 0.25) is 0 Å². The Kier molecular flexibility index (Phi) is 3.44. The molecule has 1 aliphatic carbocycles. The number of methoxy groups -OCH3 is 1. The van der Waals surface area contributed by atoms with E-state index >= 15 is 0 Å². The van der Waals surface area contributed by atoms with Gasteiger partial charge in [-0.2, -0.15) is 0 Å². The summed E-state index contributed by atoms with van der Waals surface area (Å²) in [7, 11) is 1.42. The number of piperidine rings is 1. The number of carbonyl (C=O) groups excluding carboxylic acids is 1. The second-order valence-corrected chi connectivity index (χ2v) is 4.69. The molecule has 1 saturated heterocycles. The van der Waals surface area contributed by atoms with Crippen LogP contribution in [0.3, 0.4) is 0 Å². The molecular weight excluding hydrogens is 202 g/mol. The van der Waals surface area contributed by atoms with E-state index in [0.29, 0.717) is 5.41 Å². The van der Waals surface area contributed by atoms with Crippen LogP contribution in [0.15, 0.2) is 23.8 Å². The smallest absolute Gasteiger partial charge is 0.330 e. The molecule has 2 rings (SSSR count). The Morgan fingerprint density at radius 3 is 2.75 bits per heavy atom. The van der Waals surface area contributed by atoms with E-state index in [1.165, 1.54) is 20.0 Å². The molecule has 1 spiro atoms. The van der Waals surface area contributed by atoms with Crippen molar-refractivity contribution < 1.29 is 9.53 Å². The molecular formula is C13H19NO2. The van der Waals surface area contributed by atoms with Crippen LogP contribution in [-0.4, -0.2) is 26.2 Å². The molecule has 0 amide bonds. The van der Waals surface area contributed by atoms with E-state index in [9.17, 15) is 4.79 Å². The molecule has 0 saturated carbocycles. The third kappa shape index (κ3) is 2.53. The predicted octanol–water partition coefficient (Wildman–Crippen LogP) is 1.81. The molecule has 0 aromatic heterocycles. The monoisotopic (exact) mass is 221 g/mol. The summed E-state index contributed by atoms with van der Waals surface area (Å²) in [5.74, 6) is -0.249. The quantitative estimate of drug-likeness (QED) is 0.542. The maximum Gasteiger partial charge on any atom is 0.330 e. The molecule has 0 atom stereocenters. The number of esters is 1. The van der Waals surface area contributed by atoms with Crippen molar-refractivity contribution in [3.05, 3.63) is 23.8 Å². The van der Waals surface area contributed by atoms with E-state index < -0.39 is 0 Å². The van der Waals surface area contributed by atoms with Gasteiger partial charge in [0.05, 0.1) is 7.11 Å². The number of allylic oxidation sites excluding steroid dienone is 3. The average molecular weight is 221 g/mol. The van der Waals surface area contributed by atoms with E-state index in [4.69, 9.17) is 0 Å². The number of hydrogen-bond donors (Lipinski definition) is 1. The SMILES string of the molecule is COC(=O)C=C1C=CC2(CCNCC2)CC1. The zero-order chi connectivity index (χ0) is 11.4. The van der Waals surface area contributed by atoms with Gasteiger partial charge < -0.3 is 10.1 Å². The summed E-state index contributed by atoms with van der Waals surface area (Å²) in [5, 5.41) is 3.39. The lowest BCUT2D eigenvalue weighted by molar-refractivity contribution is -0.134. The zero-order valence-corrected chi connectivity index (χ0v) is 9.79. The van der Waals surface area contributed by atoms with Gasteiger partial charge in [-0.15, -0.1) is 0 Å². The maximum absolute atomic E-state index is 11.1. The standard InChI is InChI=1S/C13H19NO2/c1-16-12(15)10-11-2-4-13(5-3-11)6-8-14-9-7-13/h2,4,10,14H,3,5-9H2,1H3. The molecule has 2 aliphatic rings. The lowest BCUT2D eigenvalue weighted by Crippen LogP contribution is -2.36. The summed E-state index contributed by atoms with van der Waals surface area (Å²) in [6.07, 6.45) is 10.6. The Bertz CT molecular complexity index is 325. The highest BCUT2D eigenvalue weighted by Crippen LogP contribution is 2.40. The Morgan fingerprint density at radius 1 is 1.44 bits per heavy atom. The summed E-state index contributed by atoms with van der Waals surface area (Å²) in [6.45, 7) is 2.22. The minimum atomic E-state index is -0.249. The Hall–Kier alpha value is -1.09. The Balaban J connectivity index is 2.03. The van der Waals surface area contributed by atoms with Crippen molar-refractivity contribution in [2.24, 2.45) is 5.41 Å². The van der Waals surface area contributed by atoms with E-state index in [0.717, 1.165) is 31.5 Å². The van der Waals surface area contributed by atoms with Gasteiger partial charge in [0.25, 0.3) is 0 Å². The molecule has 1 aliphatic heterocycles. The van der Waals surface area contributed by atoms with Gasteiger partial charge >= 0.3 is 5.97 Å². The molecule has 1 heterocycles. The summed E-state index contributed by atoms with van der Waals surface area (Å²) in [5.41, 5.74) is 1.48. The molecule has 88 valence electrons. The third-order valence-corrected chi connectivity index (χ3v) is 3.67. The summed E-state index contributed by atoms with van der Waals surface area (Å²) < 4.78 is 4.63. The highest BCUT2D eigenvalue weighted by Gasteiger charge is 2.31. The number of hydrogen-bond acceptors (Lipinski definition) is 3. The van der Waals surface area contributed by atoms with Gasteiger partial charge in [-0.3, -0.25) is 0 Å². The first-order valence-corrected chi connectivity index (χ1v) is 5.93. The van der Waals surface area contributed by atoms with Gasteiger partial charge in [0, 0.05) is 6.08 Å². The largest absolute Gasteiger partial charge is 0.466 e. The van der Waals surface area contributed by atoms with E-state index in [1.54, 1.807) is 6.08 Å². The van der Waals surface area contributed by atoms with Crippen LogP contribution in [-0.2, 0) is 9.53 Å². The molecule has 0 bridgehead atoms. The first-order chi connectivity index (χ1) is 7.74. The molecule has 3 heteroatoms. The van der Waals surface area contributed by atoms with Crippen LogP contribution in [0.1, 0.15) is 25.7 Å². The van der Waals surface area contributed by atoms with E-state index in [1.807, 2.05) is 0 Å². The minimum absolute atomic E-state index is 0.249. The van der Waals surface area contributed by atoms with Crippen LogP contribution in [0, 0.1) is 5.41 Å². The van der Waals surface area contributed by atoms with Gasteiger partial charge in [-0.05, 0) is 49.8 Å². The van der Waals surface area contributed by atoms with Crippen molar-refractivity contribution in [3.63, 3.8) is 0 Å². The molecule has 0 aromatic carbocycles. The number of carbonyl (C=O) groups is 1. The molecule has 16 heavy (non-hydrogen) atoms. The topological polar surface area (TPSA) is 38.3 Å². The maximum atomic E-state index is 11.1. The summed E-state index contributed by atoms with van der Waals surface area (Å²) in [4.78, 5) is 11.1. The summed E-state index contributed by atoms with van der Waals surface area (Å²) >= 11 is 0. The van der Waals surface area contributed by atoms with Gasteiger partial charge in [-0.25, -0.2) is 4.79 Å². The molecule has 1 N–H and O–H groups in total. The van der Waals surface area contributed by atoms with Gasteiger partial charge in [0.15, 0.2) is 0 Å².